The summed E-state index contributed by atoms with van der Waals surface area (Å²) in [4.78, 5) is 88.5. The van der Waals surface area contributed by atoms with Crippen molar-refractivity contribution in [2.24, 2.45) is 29.0 Å². The van der Waals surface area contributed by atoms with Gasteiger partial charge >= 0.3 is 5.97 Å². The lowest BCUT2D eigenvalue weighted by Gasteiger charge is -2.29. The van der Waals surface area contributed by atoms with Gasteiger partial charge in [-0.1, -0.05) is 76.9 Å². The van der Waals surface area contributed by atoms with Gasteiger partial charge in [0.2, 0.25) is 29.5 Å². The van der Waals surface area contributed by atoms with Crippen molar-refractivity contribution in [2.45, 2.75) is 122 Å². The summed E-state index contributed by atoms with van der Waals surface area (Å²) in [5.41, 5.74) is 20.8. The summed E-state index contributed by atoms with van der Waals surface area (Å²) in [5, 5.41) is 25.6. The van der Waals surface area contributed by atoms with Crippen molar-refractivity contribution in [1.29, 1.82) is 0 Å². The number of fused-ring (bicyclic) bond motifs is 2. The van der Waals surface area contributed by atoms with Crippen LogP contribution >= 0.6 is 0 Å². The average Bonchev–Trinajstić information content (AvgIpc) is 3.86. The molecule has 62 heavy (non-hydrogen) atoms. The van der Waals surface area contributed by atoms with E-state index in [0.29, 0.717) is 57.2 Å². The molecule has 0 fully saturated rings. The third kappa shape index (κ3) is 13.6. The van der Waals surface area contributed by atoms with Crippen molar-refractivity contribution in [3.05, 3.63) is 72.1 Å². The van der Waals surface area contributed by atoms with E-state index < -0.39 is 83.6 Å². The second kappa shape index (κ2) is 24.0. The van der Waals surface area contributed by atoms with E-state index in [9.17, 15) is 33.9 Å². The van der Waals surface area contributed by atoms with Crippen LogP contribution in [0.4, 0.5) is 0 Å². The van der Waals surface area contributed by atoms with E-state index in [4.69, 9.17) is 17.2 Å². The number of benzene rings is 2. The minimum absolute atomic E-state index is 0.0167. The maximum Gasteiger partial charge on any atom is 0.326 e. The summed E-state index contributed by atoms with van der Waals surface area (Å²) in [6.45, 7) is 7.82. The fourth-order valence-electron chi connectivity index (χ4n) is 7.40. The number of carboxylic acid groups (broad SMARTS) is 1. The molecule has 7 atom stereocenters. The Morgan fingerprint density at radius 2 is 1.05 bits per heavy atom. The Morgan fingerprint density at radius 3 is 1.53 bits per heavy atom. The van der Waals surface area contributed by atoms with E-state index in [1.807, 2.05) is 55.5 Å². The number of aromatic amines is 2. The standard InChI is InChI=1S/C45H66N10O7/c1-5-27(4)39(45(61)62)55-43(59)37(23-29-25-50-34-18-9-7-15-31(29)34)53-41(57)35(19-11-13-21-47)51-44(60)38(26(2)3)54-42(58)36(52-40(56)32(48)16-10-12-20-46)22-28-24-49-33-17-8-6-14-30(28)33/h6-9,14-15,17-18,24-27,32,35-39,49-50H,5,10-13,16,19-23,46-48H2,1-4H3,(H,51,60)(H,52,56)(H,53,57)(H,54,58)(H,55,59)(H,61,62)/t27-,32-,35-,36-,37-,38-,39-/m0/s1. The van der Waals surface area contributed by atoms with Gasteiger partial charge in [0.15, 0.2) is 0 Å². The SMILES string of the molecule is CC[C@H](C)[C@H](NC(=O)[C@H](Cc1c[nH]c2ccccc12)NC(=O)[C@H](CCCCN)NC(=O)[C@@H](NC(=O)[C@H](Cc1c[nH]c2ccccc12)NC(=O)[C@@H](N)CCCCN)C(C)C)C(=O)O. The summed E-state index contributed by atoms with van der Waals surface area (Å²) in [5.74, 6) is -5.24. The van der Waals surface area contributed by atoms with E-state index >= 15 is 0 Å². The van der Waals surface area contributed by atoms with Crippen LogP contribution in [-0.2, 0) is 41.6 Å². The number of carbonyl (C=O) groups is 6. The number of hydrogen-bond acceptors (Lipinski definition) is 9. The molecule has 17 heteroatoms. The van der Waals surface area contributed by atoms with E-state index in [-0.39, 0.29) is 19.3 Å². The Kier molecular flexibility index (Phi) is 18.9. The van der Waals surface area contributed by atoms with E-state index in [2.05, 4.69) is 36.6 Å². The van der Waals surface area contributed by atoms with Crippen molar-refractivity contribution in [1.82, 2.24) is 36.6 Å². The molecule has 338 valence electrons. The molecule has 2 aromatic heterocycles. The van der Waals surface area contributed by atoms with Crippen LogP contribution in [0.3, 0.4) is 0 Å². The Balaban J connectivity index is 1.58. The van der Waals surface area contributed by atoms with Crippen LogP contribution < -0.4 is 43.8 Å². The number of amides is 5. The molecule has 14 N–H and O–H groups in total. The highest BCUT2D eigenvalue weighted by atomic mass is 16.4. The Labute approximate surface area is 362 Å². The monoisotopic (exact) mass is 859 g/mol. The van der Waals surface area contributed by atoms with Crippen LogP contribution in [0.15, 0.2) is 60.9 Å². The number of H-pyrrole nitrogens is 2. The van der Waals surface area contributed by atoms with Crippen molar-refractivity contribution in [3.63, 3.8) is 0 Å². The highest BCUT2D eigenvalue weighted by molar-refractivity contribution is 5.97. The predicted octanol–water partition coefficient (Wildman–Crippen LogP) is 2.23. The van der Waals surface area contributed by atoms with E-state index in [0.717, 1.165) is 27.4 Å². The van der Waals surface area contributed by atoms with Gasteiger partial charge in [0, 0.05) is 47.0 Å². The molecule has 0 saturated carbocycles. The summed E-state index contributed by atoms with van der Waals surface area (Å²) in [6, 6.07) is 8.27. The molecule has 0 aliphatic heterocycles. The zero-order valence-corrected chi connectivity index (χ0v) is 36.3. The average molecular weight is 859 g/mol. The number of aliphatic carboxylic acids is 1. The van der Waals surface area contributed by atoms with Gasteiger partial charge in [0.1, 0.15) is 30.2 Å². The van der Waals surface area contributed by atoms with Gasteiger partial charge in [-0.25, -0.2) is 4.79 Å². The number of aromatic nitrogens is 2. The normalized spacial score (nSPS) is 14.9. The maximum atomic E-state index is 14.3. The largest absolute Gasteiger partial charge is 0.480 e. The molecule has 0 radical (unpaired) electrons. The van der Waals surface area contributed by atoms with Crippen LogP contribution in [0.1, 0.15) is 83.8 Å². The highest BCUT2D eigenvalue weighted by Crippen LogP contribution is 2.21. The third-order valence-corrected chi connectivity index (χ3v) is 11.4. The predicted molar refractivity (Wildman–Crippen MR) is 239 cm³/mol. The maximum absolute atomic E-state index is 14.3. The van der Waals surface area contributed by atoms with Crippen molar-refractivity contribution in [2.75, 3.05) is 13.1 Å². The molecule has 0 unspecified atom stereocenters. The molecular weight excluding hydrogens is 793 g/mol. The van der Waals surface area contributed by atoms with E-state index in [1.54, 1.807) is 33.2 Å². The lowest BCUT2D eigenvalue weighted by atomic mass is 9.97. The van der Waals surface area contributed by atoms with Crippen LogP contribution in [0, 0.1) is 11.8 Å². The number of unbranched alkanes of at least 4 members (excludes halogenated alkanes) is 2. The minimum atomic E-state index is -1.22. The smallest absolute Gasteiger partial charge is 0.326 e. The Bertz CT molecular complexity index is 2120. The number of rotatable bonds is 26. The summed E-state index contributed by atoms with van der Waals surface area (Å²) in [6.07, 6.45) is 6.95. The number of nitrogens with two attached hydrogens (primary N) is 3. The van der Waals surface area contributed by atoms with E-state index in [1.165, 1.54) is 0 Å². The fourth-order valence-corrected chi connectivity index (χ4v) is 7.40. The first kappa shape index (κ1) is 48.9. The molecule has 4 rings (SSSR count). The van der Waals surface area contributed by atoms with Gasteiger partial charge < -0.3 is 58.9 Å². The van der Waals surface area contributed by atoms with Gasteiger partial charge in [0.05, 0.1) is 6.04 Å². The topological polar surface area (TPSA) is 292 Å². The molecule has 17 nitrogen and oxygen atoms in total. The first-order chi connectivity index (χ1) is 29.7. The second-order valence-electron chi connectivity index (χ2n) is 16.4. The molecule has 0 aliphatic rings. The third-order valence-electron chi connectivity index (χ3n) is 11.4. The van der Waals surface area contributed by atoms with Crippen molar-refractivity contribution < 1.29 is 33.9 Å². The minimum Gasteiger partial charge on any atom is -0.480 e. The number of carboxylic acids is 1. The van der Waals surface area contributed by atoms with Crippen LogP contribution in [-0.4, -0.2) is 99.9 Å². The fraction of sp³-hybridized carbons (Fsp3) is 0.511. The number of carbonyl (C=O) groups excluding carboxylic acids is 5. The van der Waals surface area contributed by atoms with Crippen molar-refractivity contribution in [3.8, 4) is 0 Å². The second-order valence-corrected chi connectivity index (χ2v) is 16.4. The highest BCUT2D eigenvalue weighted by Gasteiger charge is 2.35. The van der Waals surface area contributed by atoms with Crippen LogP contribution in [0.25, 0.3) is 21.8 Å². The molecule has 2 heterocycles. The zero-order chi connectivity index (χ0) is 45.3. The summed E-state index contributed by atoms with van der Waals surface area (Å²) < 4.78 is 0. The zero-order valence-electron chi connectivity index (χ0n) is 36.3. The molecule has 4 aromatic rings. The van der Waals surface area contributed by atoms with Gasteiger partial charge in [-0.3, -0.25) is 24.0 Å². The Morgan fingerprint density at radius 1 is 0.597 bits per heavy atom. The molecule has 0 saturated heterocycles. The lowest BCUT2D eigenvalue weighted by Crippen LogP contribution is -2.60. The number of nitrogens with one attached hydrogen (secondary N) is 7. The van der Waals surface area contributed by atoms with Gasteiger partial charge in [0.25, 0.3) is 0 Å². The van der Waals surface area contributed by atoms with Gasteiger partial charge in [-0.2, -0.15) is 0 Å². The quantitative estimate of drug-likeness (QED) is 0.0410. The molecule has 0 bridgehead atoms. The Hall–Kier alpha value is -5.78. The molecular formula is C45H66N10O7. The number of para-hydroxylation sites is 2. The molecule has 0 spiro atoms. The van der Waals surface area contributed by atoms with Gasteiger partial charge in [-0.15, -0.1) is 0 Å². The molecule has 0 aliphatic carbocycles. The van der Waals surface area contributed by atoms with Crippen LogP contribution in [0.2, 0.25) is 0 Å². The first-order valence-corrected chi connectivity index (χ1v) is 21.7. The lowest BCUT2D eigenvalue weighted by molar-refractivity contribution is -0.143. The molecule has 5 amide bonds. The van der Waals surface area contributed by atoms with Crippen molar-refractivity contribution >= 4 is 57.3 Å². The van der Waals surface area contributed by atoms with Crippen LogP contribution in [0.5, 0.6) is 0 Å². The summed E-state index contributed by atoms with van der Waals surface area (Å²) in [7, 11) is 0. The summed E-state index contributed by atoms with van der Waals surface area (Å²) >= 11 is 0. The number of hydrogen-bond donors (Lipinski definition) is 11. The first-order valence-electron chi connectivity index (χ1n) is 21.7. The molecule has 2 aromatic carbocycles. The van der Waals surface area contributed by atoms with Gasteiger partial charge in [-0.05, 0) is 80.3 Å².